The number of fused-ring (bicyclic) bond motifs is 3. The normalized spacial score (nSPS) is 21.9. The third-order valence-electron chi connectivity index (χ3n) is 5.49. The van der Waals surface area contributed by atoms with Crippen LogP contribution >= 0.6 is 0 Å². The molecule has 1 saturated heterocycles. The molecular formula is C19H24N2O2. The minimum Gasteiger partial charge on any atom is -0.381 e. The van der Waals surface area contributed by atoms with Gasteiger partial charge in [-0.15, -0.1) is 0 Å². The molecule has 3 heterocycles. The predicted molar refractivity (Wildman–Crippen MR) is 89.5 cm³/mol. The van der Waals surface area contributed by atoms with Crippen molar-refractivity contribution < 1.29 is 9.47 Å². The van der Waals surface area contributed by atoms with Crippen molar-refractivity contribution in [1.82, 2.24) is 9.55 Å². The average molecular weight is 312 g/mol. The highest BCUT2D eigenvalue weighted by molar-refractivity contribution is 5.70. The van der Waals surface area contributed by atoms with Crippen molar-refractivity contribution in [2.24, 2.45) is 5.92 Å². The summed E-state index contributed by atoms with van der Waals surface area (Å²) < 4.78 is 13.7. The Bertz CT molecular complexity index is 688. The topological polar surface area (TPSA) is 36.3 Å². The average Bonchev–Trinajstić information content (AvgIpc) is 3.16. The van der Waals surface area contributed by atoms with Crippen LogP contribution in [0.3, 0.4) is 0 Å². The van der Waals surface area contributed by atoms with Crippen molar-refractivity contribution >= 4 is 0 Å². The number of benzene rings is 1. The fourth-order valence-electron chi connectivity index (χ4n) is 4.27. The van der Waals surface area contributed by atoms with Gasteiger partial charge in [0.25, 0.3) is 0 Å². The molecule has 2 aliphatic rings. The van der Waals surface area contributed by atoms with Gasteiger partial charge in [0, 0.05) is 25.9 Å². The third-order valence-corrected chi connectivity index (χ3v) is 5.49. The standard InChI is InChI=1S/C19H24N2O2/c1-13-4-3-5-15-17-11-20-12-21(17)16(19(13)15)10-18(22-2)14-6-8-23-9-7-14/h3-5,11-12,14,16,18H,6-10H2,1-2H3. The van der Waals surface area contributed by atoms with E-state index in [1.54, 1.807) is 0 Å². The van der Waals surface area contributed by atoms with E-state index in [0.29, 0.717) is 12.0 Å². The largest absolute Gasteiger partial charge is 0.381 e. The summed E-state index contributed by atoms with van der Waals surface area (Å²) in [6.07, 6.45) is 7.42. The Morgan fingerprint density at radius 3 is 2.96 bits per heavy atom. The van der Waals surface area contributed by atoms with Gasteiger partial charge in [0.15, 0.2) is 0 Å². The van der Waals surface area contributed by atoms with E-state index in [2.05, 4.69) is 34.7 Å². The highest BCUT2D eigenvalue weighted by Crippen LogP contribution is 2.44. The molecule has 1 fully saturated rings. The molecule has 0 N–H and O–H groups in total. The van der Waals surface area contributed by atoms with E-state index < -0.39 is 0 Å². The first-order valence-electron chi connectivity index (χ1n) is 8.52. The van der Waals surface area contributed by atoms with E-state index in [9.17, 15) is 0 Å². The molecule has 0 saturated carbocycles. The number of methoxy groups -OCH3 is 1. The zero-order valence-electron chi connectivity index (χ0n) is 13.9. The second kappa shape index (κ2) is 6.10. The van der Waals surface area contributed by atoms with Crippen molar-refractivity contribution in [2.45, 2.75) is 38.3 Å². The van der Waals surface area contributed by atoms with Gasteiger partial charge in [-0.3, -0.25) is 0 Å². The zero-order valence-corrected chi connectivity index (χ0v) is 13.9. The molecule has 122 valence electrons. The molecule has 0 spiro atoms. The number of aryl methyl sites for hydroxylation is 1. The number of hydrogen-bond donors (Lipinski definition) is 0. The molecule has 1 aromatic heterocycles. The summed E-state index contributed by atoms with van der Waals surface area (Å²) in [5.41, 5.74) is 5.36. The summed E-state index contributed by atoms with van der Waals surface area (Å²) in [4.78, 5) is 4.37. The van der Waals surface area contributed by atoms with Crippen molar-refractivity contribution in [3.05, 3.63) is 41.9 Å². The summed E-state index contributed by atoms with van der Waals surface area (Å²) >= 11 is 0. The Labute approximate surface area is 137 Å². The number of imidazole rings is 1. The van der Waals surface area contributed by atoms with Crippen molar-refractivity contribution in [3.8, 4) is 11.3 Å². The number of nitrogens with zero attached hydrogens (tertiary/aromatic N) is 2. The van der Waals surface area contributed by atoms with Gasteiger partial charge in [0.2, 0.25) is 0 Å². The summed E-state index contributed by atoms with van der Waals surface area (Å²) in [7, 11) is 1.85. The van der Waals surface area contributed by atoms with Gasteiger partial charge in [-0.25, -0.2) is 4.98 Å². The molecule has 2 unspecified atom stereocenters. The number of hydrogen-bond acceptors (Lipinski definition) is 3. The highest BCUT2D eigenvalue weighted by Gasteiger charge is 2.34. The van der Waals surface area contributed by atoms with E-state index in [1.165, 1.54) is 22.4 Å². The molecule has 0 radical (unpaired) electrons. The van der Waals surface area contributed by atoms with Crippen LogP contribution in [-0.4, -0.2) is 36.0 Å². The maximum Gasteiger partial charge on any atom is 0.0956 e. The Hall–Kier alpha value is -1.65. The van der Waals surface area contributed by atoms with Crippen LogP contribution in [0.25, 0.3) is 11.3 Å². The third kappa shape index (κ3) is 2.50. The van der Waals surface area contributed by atoms with E-state index >= 15 is 0 Å². The van der Waals surface area contributed by atoms with Crippen LogP contribution in [-0.2, 0) is 9.47 Å². The van der Waals surface area contributed by atoms with Crippen LogP contribution in [0, 0.1) is 12.8 Å². The van der Waals surface area contributed by atoms with Gasteiger partial charge in [0.1, 0.15) is 0 Å². The number of ether oxygens (including phenoxy) is 2. The quantitative estimate of drug-likeness (QED) is 0.865. The molecule has 0 aliphatic carbocycles. The number of rotatable bonds is 4. The molecule has 0 bridgehead atoms. The smallest absolute Gasteiger partial charge is 0.0956 e. The first-order chi connectivity index (χ1) is 11.3. The second-order valence-electron chi connectivity index (χ2n) is 6.70. The molecule has 4 nitrogen and oxygen atoms in total. The first kappa shape index (κ1) is 14.9. The minimum atomic E-state index is 0.268. The van der Waals surface area contributed by atoms with Crippen LogP contribution in [0.15, 0.2) is 30.7 Å². The lowest BCUT2D eigenvalue weighted by atomic mass is 9.87. The molecule has 0 amide bonds. The molecule has 4 heteroatoms. The van der Waals surface area contributed by atoms with E-state index in [4.69, 9.17) is 9.47 Å². The SMILES string of the molecule is COC(CC1c2c(C)cccc2-c2cncn21)C1CCOCC1. The predicted octanol–water partition coefficient (Wildman–Crippen LogP) is 3.59. The maximum absolute atomic E-state index is 5.91. The van der Waals surface area contributed by atoms with E-state index in [-0.39, 0.29) is 6.10 Å². The van der Waals surface area contributed by atoms with Gasteiger partial charge in [-0.1, -0.05) is 18.2 Å². The molecule has 4 rings (SSSR count). The lowest BCUT2D eigenvalue weighted by Crippen LogP contribution is -2.31. The van der Waals surface area contributed by atoms with Gasteiger partial charge in [-0.2, -0.15) is 0 Å². The van der Waals surface area contributed by atoms with Crippen molar-refractivity contribution in [3.63, 3.8) is 0 Å². The van der Waals surface area contributed by atoms with E-state index in [1.807, 2.05) is 19.6 Å². The molecule has 2 aliphatic heterocycles. The van der Waals surface area contributed by atoms with Crippen LogP contribution < -0.4 is 0 Å². The first-order valence-corrected chi connectivity index (χ1v) is 8.52. The van der Waals surface area contributed by atoms with Gasteiger partial charge < -0.3 is 14.0 Å². The fourth-order valence-corrected chi connectivity index (χ4v) is 4.27. The Morgan fingerprint density at radius 1 is 1.35 bits per heavy atom. The highest BCUT2D eigenvalue weighted by atomic mass is 16.5. The number of aromatic nitrogens is 2. The van der Waals surface area contributed by atoms with Crippen molar-refractivity contribution in [1.29, 1.82) is 0 Å². The van der Waals surface area contributed by atoms with Crippen LogP contribution in [0.2, 0.25) is 0 Å². The van der Waals surface area contributed by atoms with Crippen LogP contribution in [0.5, 0.6) is 0 Å². The van der Waals surface area contributed by atoms with Gasteiger partial charge in [-0.05, 0) is 43.2 Å². The lowest BCUT2D eigenvalue weighted by molar-refractivity contribution is -0.0203. The summed E-state index contributed by atoms with van der Waals surface area (Å²) in [5, 5.41) is 0. The summed E-state index contributed by atoms with van der Waals surface area (Å²) in [6.45, 7) is 3.93. The Balaban J connectivity index is 1.66. The van der Waals surface area contributed by atoms with Gasteiger partial charge in [0.05, 0.1) is 30.4 Å². The molecule has 1 aromatic carbocycles. The monoisotopic (exact) mass is 312 g/mol. The Kier molecular flexibility index (Phi) is 3.95. The summed E-state index contributed by atoms with van der Waals surface area (Å²) in [6, 6.07) is 6.89. The zero-order chi connectivity index (χ0) is 15.8. The lowest BCUT2D eigenvalue weighted by Gasteiger charge is -2.31. The summed E-state index contributed by atoms with van der Waals surface area (Å²) in [5.74, 6) is 0.591. The van der Waals surface area contributed by atoms with E-state index in [0.717, 1.165) is 32.5 Å². The fraction of sp³-hybridized carbons (Fsp3) is 0.526. The minimum absolute atomic E-state index is 0.268. The molecule has 23 heavy (non-hydrogen) atoms. The second-order valence-corrected chi connectivity index (χ2v) is 6.70. The maximum atomic E-state index is 5.91. The molecule has 2 aromatic rings. The van der Waals surface area contributed by atoms with Crippen LogP contribution in [0.4, 0.5) is 0 Å². The van der Waals surface area contributed by atoms with Crippen LogP contribution in [0.1, 0.15) is 36.4 Å². The molecule has 2 atom stereocenters. The Morgan fingerprint density at radius 2 is 2.17 bits per heavy atom. The van der Waals surface area contributed by atoms with Crippen molar-refractivity contribution in [2.75, 3.05) is 20.3 Å². The molecular weight excluding hydrogens is 288 g/mol. The van der Waals surface area contributed by atoms with Gasteiger partial charge >= 0.3 is 0 Å².